The molecule has 0 aliphatic heterocycles. The molecule has 66 valence electrons. The molecule has 0 aliphatic rings. The van der Waals surface area contributed by atoms with Crippen LogP contribution in [-0.2, 0) is 4.79 Å². The highest BCUT2D eigenvalue weighted by Crippen LogP contribution is 1.87. The highest BCUT2D eigenvalue weighted by molar-refractivity contribution is 5.91. The minimum atomic E-state index is -0.0338. The van der Waals surface area contributed by atoms with Gasteiger partial charge in [-0.25, -0.2) is 0 Å². The van der Waals surface area contributed by atoms with Crippen LogP contribution in [0.4, 0.5) is 0 Å². The minimum Gasteiger partial charge on any atom is -0.352 e. The molecule has 0 saturated heterocycles. The fourth-order valence-corrected chi connectivity index (χ4v) is 0.530. The molecule has 0 atom stereocenters. The number of amides is 1. The molecule has 0 fully saturated rings. The van der Waals surface area contributed by atoms with Crippen molar-refractivity contribution >= 4 is 5.91 Å². The predicted molar refractivity (Wildman–Crippen MR) is 47.8 cm³/mol. The van der Waals surface area contributed by atoms with E-state index in [0.717, 1.165) is 19.4 Å². The molecule has 1 amide bonds. The third-order valence-electron chi connectivity index (χ3n) is 1.20. The van der Waals surface area contributed by atoms with Crippen LogP contribution in [0.15, 0.2) is 12.2 Å². The molecule has 11 heavy (non-hydrogen) atoms. The Morgan fingerprint density at radius 3 is 2.45 bits per heavy atom. The van der Waals surface area contributed by atoms with Crippen molar-refractivity contribution in [3.05, 3.63) is 12.2 Å². The highest BCUT2D eigenvalue weighted by Gasteiger charge is 1.97. The molecule has 3 nitrogen and oxygen atoms in total. The van der Waals surface area contributed by atoms with Gasteiger partial charge in [-0.05, 0) is 13.3 Å². The molecule has 0 unspecified atom stereocenters. The van der Waals surface area contributed by atoms with E-state index >= 15 is 0 Å². The van der Waals surface area contributed by atoms with E-state index in [1.807, 2.05) is 0 Å². The van der Waals surface area contributed by atoms with Crippen LogP contribution in [0.1, 0.15) is 26.7 Å². The van der Waals surface area contributed by atoms with Gasteiger partial charge in [0, 0.05) is 12.1 Å². The zero-order chi connectivity index (χ0) is 7.98. The zero-order valence-electron chi connectivity index (χ0n) is 7.44. The van der Waals surface area contributed by atoms with Gasteiger partial charge >= 0.3 is 0 Å². The van der Waals surface area contributed by atoms with Crippen LogP contribution in [0.5, 0.6) is 0 Å². The Morgan fingerprint density at radius 1 is 1.55 bits per heavy atom. The van der Waals surface area contributed by atoms with E-state index in [9.17, 15) is 4.79 Å². The first-order valence-corrected chi connectivity index (χ1v) is 3.62. The number of carbonyl (C=O) groups excluding carboxylic acids is 1. The Hall–Kier alpha value is -0.830. The first-order chi connectivity index (χ1) is 4.68. The van der Waals surface area contributed by atoms with Crippen LogP contribution in [0, 0.1) is 0 Å². The molecule has 0 aromatic heterocycles. The molecule has 0 radical (unpaired) electrons. The maximum absolute atomic E-state index is 10.8. The van der Waals surface area contributed by atoms with Gasteiger partial charge in [0.2, 0.25) is 5.91 Å². The average molecular weight is 158 g/mol. The number of nitrogens with one attached hydrogen (secondary N) is 1. The van der Waals surface area contributed by atoms with Crippen LogP contribution in [0.3, 0.4) is 0 Å². The molecular formula is C8H18N2O. The van der Waals surface area contributed by atoms with Gasteiger partial charge in [0.1, 0.15) is 0 Å². The fraction of sp³-hybridized carbons (Fsp3) is 0.625. The van der Waals surface area contributed by atoms with Gasteiger partial charge in [-0.2, -0.15) is 0 Å². The van der Waals surface area contributed by atoms with Crippen LogP contribution >= 0.6 is 0 Å². The first-order valence-electron chi connectivity index (χ1n) is 3.62. The minimum absolute atomic E-state index is 0. The standard InChI is InChI=1S/C8H15NO.H3N/c1-4-5-6-9-8(10)7(2)3;/h2,4-6H2,1,3H3,(H,9,10);1H3. The molecule has 4 N–H and O–H groups in total. The summed E-state index contributed by atoms with van der Waals surface area (Å²) in [5, 5.41) is 2.74. The van der Waals surface area contributed by atoms with Crippen molar-refractivity contribution in [1.82, 2.24) is 11.5 Å². The number of carbonyl (C=O) groups is 1. The second-order valence-corrected chi connectivity index (χ2v) is 2.39. The monoisotopic (exact) mass is 158 g/mol. The maximum atomic E-state index is 10.8. The summed E-state index contributed by atoms with van der Waals surface area (Å²) in [6.07, 6.45) is 2.15. The zero-order valence-corrected chi connectivity index (χ0v) is 7.44. The van der Waals surface area contributed by atoms with Gasteiger partial charge in [-0.3, -0.25) is 4.79 Å². The van der Waals surface area contributed by atoms with Crippen LogP contribution < -0.4 is 11.5 Å². The van der Waals surface area contributed by atoms with Crippen LogP contribution in [0.25, 0.3) is 0 Å². The van der Waals surface area contributed by atoms with Gasteiger partial charge in [-0.1, -0.05) is 19.9 Å². The summed E-state index contributed by atoms with van der Waals surface area (Å²) >= 11 is 0. The molecule has 0 heterocycles. The number of hydrogen-bond acceptors (Lipinski definition) is 2. The summed E-state index contributed by atoms with van der Waals surface area (Å²) in [5.74, 6) is -0.0338. The van der Waals surface area contributed by atoms with Crippen molar-refractivity contribution < 1.29 is 4.79 Å². The molecule has 0 aromatic rings. The van der Waals surface area contributed by atoms with Crippen molar-refractivity contribution in [2.75, 3.05) is 6.54 Å². The average Bonchev–Trinajstić information content (AvgIpc) is 1.88. The molecule has 0 bridgehead atoms. The summed E-state index contributed by atoms with van der Waals surface area (Å²) in [6, 6.07) is 0. The summed E-state index contributed by atoms with van der Waals surface area (Å²) in [7, 11) is 0. The third-order valence-corrected chi connectivity index (χ3v) is 1.20. The Kier molecular flexibility index (Phi) is 8.48. The lowest BCUT2D eigenvalue weighted by atomic mass is 10.3. The maximum Gasteiger partial charge on any atom is 0.246 e. The Morgan fingerprint density at radius 2 is 2.09 bits per heavy atom. The molecular weight excluding hydrogens is 140 g/mol. The van der Waals surface area contributed by atoms with Gasteiger partial charge in [0.25, 0.3) is 0 Å². The molecule has 0 saturated carbocycles. The molecule has 0 aromatic carbocycles. The van der Waals surface area contributed by atoms with Gasteiger partial charge < -0.3 is 11.5 Å². The molecule has 0 spiro atoms. The third kappa shape index (κ3) is 7.06. The van der Waals surface area contributed by atoms with Crippen molar-refractivity contribution in [2.24, 2.45) is 0 Å². The van der Waals surface area contributed by atoms with E-state index in [0.29, 0.717) is 5.57 Å². The van der Waals surface area contributed by atoms with E-state index in [1.54, 1.807) is 6.92 Å². The molecule has 0 aliphatic carbocycles. The lowest BCUT2D eigenvalue weighted by molar-refractivity contribution is -0.117. The quantitative estimate of drug-likeness (QED) is 0.482. The Labute approximate surface area is 68.5 Å². The van der Waals surface area contributed by atoms with Crippen molar-refractivity contribution in [1.29, 1.82) is 0 Å². The summed E-state index contributed by atoms with van der Waals surface area (Å²) in [5.41, 5.74) is 0.580. The second-order valence-electron chi connectivity index (χ2n) is 2.39. The predicted octanol–water partition coefficient (Wildman–Crippen LogP) is 1.64. The number of rotatable bonds is 4. The smallest absolute Gasteiger partial charge is 0.246 e. The Balaban J connectivity index is 0. The van der Waals surface area contributed by atoms with Gasteiger partial charge in [-0.15, -0.1) is 0 Å². The van der Waals surface area contributed by atoms with E-state index in [4.69, 9.17) is 0 Å². The summed E-state index contributed by atoms with van der Waals surface area (Å²) in [4.78, 5) is 10.8. The van der Waals surface area contributed by atoms with Gasteiger partial charge in [0.15, 0.2) is 0 Å². The van der Waals surface area contributed by atoms with E-state index < -0.39 is 0 Å². The lowest BCUT2D eigenvalue weighted by Crippen LogP contribution is -2.24. The molecule has 3 heteroatoms. The van der Waals surface area contributed by atoms with Crippen molar-refractivity contribution in [2.45, 2.75) is 26.7 Å². The summed E-state index contributed by atoms with van der Waals surface area (Å²) < 4.78 is 0. The van der Waals surface area contributed by atoms with Crippen molar-refractivity contribution in [3.63, 3.8) is 0 Å². The highest BCUT2D eigenvalue weighted by atomic mass is 16.1. The molecule has 0 rings (SSSR count). The Bertz CT molecular complexity index is 132. The van der Waals surface area contributed by atoms with E-state index in [-0.39, 0.29) is 12.1 Å². The largest absolute Gasteiger partial charge is 0.352 e. The van der Waals surface area contributed by atoms with Gasteiger partial charge in [0.05, 0.1) is 0 Å². The van der Waals surface area contributed by atoms with Crippen LogP contribution in [0.2, 0.25) is 0 Å². The van der Waals surface area contributed by atoms with E-state index in [1.165, 1.54) is 0 Å². The lowest BCUT2D eigenvalue weighted by Gasteiger charge is -2.01. The van der Waals surface area contributed by atoms with Crippen LogP contribution in [-0.4, -0.2) is 12.5 Å². The topological polar surface area (TPSA) is 64.1 Å². The second kappa shape index (κ2) is 7.28. The number of unbranched alkanes of at least 4 members (excludes halogenated alkanes) is 1. The summed E-state index contributed by atoms with van der Waals surface area (Å²) in [6.45, 7) is 8.09. The van der Waals surface area contributed by atoms with Crippen molar-refractivity contribution in [3.8, 4) is 0 Å². The number of hydrogen-bond donors (Lipinski definition) is 2. The first kappa shape index (κ1) is 12.8. The SMILES string of the molecule is C=C(C)C(=O)NCCCC.N. The van der Waals surface area contributed by atoms with E-state index in [2.05, 4.69) is 18.8 Å². The normalized spacial score (nSPS) is 8.18. The fourth-order valence-electron chi connectivity index (χ4n) is 0.530.